The van der Waals surface area contributed by atoms with Crippen LogP contribution in [0.3, 0.4) is 0 Å². The lowest BCUT2D eigenvalue weighted by atomic mass is 10.4. The Morgan fingerprint density at radius 1 is 1.15 bits per heavy atom. The maximum Gasteiger partial charge on any atom is 0.266 e. The van der Waals surface area contributed by atoms with Gasteiger partial charge < -0.3 is 15.2 Å². The Labute approximate surface area is 126 Å². The van der Waals surface area contributed by atoms with E-state index in [1.165, 1.54) is 18.9 Å². The van der Waals surface area contributed by atoms with Crippen LogP contribution in [0.5, 0.6) is 0 Å². The van der Waals surface area contributed by atoms with Crippen molar-refractivity contribution in [2.75, 3.05) is 6.54 Å². The molecule has 0 unspecified atom stereocenters. The minimum absolute atomic E-state index is 0.0749. The fourth-order valence-corrected chi connectivity index (χ4v) is 11.3. The van der Waals surface area contributed by atoms with Crippen LogP contribution in [0, 0.1) is 0 Å². The Kier molecular flexibility index (Phi) is 8.38. The van der Waals surface area contributed by atoms with Crippen LogP contribution in [0.4, 0.5) is 0 Å². The van der Waals surface area contributed by atoms with Gasteiger partial charge in [0.05, 0.1) is 5.70 Å². The molecule has 0 aliphatic heterocycles. The third-order valence-electron chi connectivity index (χ3n) is 3.22. The van der Waals surface area contributed by atoms with Crippen molar-refractivity contribution in [3.63, 3.8) is 0 Å². The SMILES string of the molecule is C=C(N)C(=O)NCCC[Si](C)(C)O[Si](C)(C)CCCC. The molecule has 0 saturated heterocycles. The molecule has 3 N–H and O–H groups in total. The molecule has 0 rings (SSSR count). The van der Waals surface area contributed by atoms with Gasteiger partial charge in [-0.2, -0.15) is 0 Å². The van der Waals surface area contributed by atoms with Gasteiger partial charge in [-0.15, -0.1) is 0 Å². The molecule has 0 radical (unpaired) electrons. The minimum Gasteiger partial charge on any atom is -0.455 e. The van der Waals surface area contributed by atoms with Gasteiger partial charge in [0.2, 0.25) is 0 Å². The zero-order chi connectivity index (χ0) is 15.8. The van der Waals surface area contributed by atoms with Crippen molar-refractivity contribution in [3.05, 3.63) is 12.3 Å². The Hall–Kier alpha value is -0.596. The van der Waals surface area contributed by atoms with Gasteiger partial charge in [-0.25, -0.2) is 0 Å². The molecule has 0 aliphatic carbocycles. The lowest BCUT2D eigenvalue weighted by Gasteiger charge is -2.34. The van der Waals surface area contributed by atoms with Crippen molar-refractivity contribution in [2.24, 2.45) is 5.73 Å². The number of nitrogens with two attached hydrogens (primary N) is 1. The molecular formula is C14H32N2O2Si2. The summed E-state index contributed by atoms with van der Waals surface area (Å²) >= 11 is 0. The maximum atomic E-state index is 11.3. The van der Waals surface area contributed by atoms with Crippen LogP contribution in [0.15, 0.2) is 12.3 Å². The number of nitrogens with one attached hydrogen (secondary N) is 1. The average Bonchev–Trinajstić information content (AvgIpc) is 2.30. The average molecular weight is 317 g/mol. The van der Waals surface area contributed by atoms with Crippen LogP contribution >= 0.6 is 0 Å². The lowest BCUT2D eigenvalue weighted by molar-refractivity contribution is -0.117. The van der Waals surface area contributed by atoms with Gasteiger partial charge in [0.25, 0.3) is 5.91 Å². The molecule has 1 amide bonds. The molecule has 0 bridgehead atoms. The van der Waals surface area contributed by atoms with Crippen LogP contribution < -0.4 is 11.1 Å². The smallest absolute Gasteiger partial charge is 0.266 e. The van der Waals surface area contributed by atoms with Crippen molar-refractivity contribution in [1.82, 2.24) is 5.32 Å². The zero-order valence-corrected chi connectivity index (χ0v) is 15.8. The molecule has 0 aromatic rings. The molecule has 0 aromatic heterocycles. The van der Waals surface area contributed by atoms with Gasteiger partial charge in [0.1, 0.15) is 0 Å². The van der Waals surface area contributed by atoms with Gasteiger partial charge in [0, 0.05) is 6.54 Å². The van der Waals surface area contributed by atoms with Crippen molar-refractivity contribution in [3.8, 4) is 0 Å². The summed E-state index contributed by atoms with van der Waals surface area (Å²) in [6.07, 6.45) is 3.44. The molecule has 0 heterocycles. The molecule has 0 fully saturated rings. The number of carbonyl (C=O) groups is 1. The van der Waals surface area contributed by atoms with E-state index < -0.39 is 16.6 Å². The van der Waals surface area contributed by atoms with E-state index in [-0.39, 0.29) is 11.6 Å². The number of amides is 1. The second-order valence-electron chi connectivity index (χ2n) is 6.61. The van der Waals surface area contributed by atoms with Crippen LogP contribution in [-0.4, -0.2) is 29.1 Å². The van der Waals surface area contributed by atoms with E-state index in [1.54, 1.807) is 0 Å². The molecule has 0 saturated carbocycles. The highest BCUT2D eigenvalue weighted by Crippen LogP contribution is 2.24. The fraction of sp³-hybridized carbons (Fsp3) is 0.786. The van der Waals surface area contributed by atoms with E-state index in [1.807, 2.05) is 0 Å². The van der Waals surface area contributed by atoms with E-state index >= 15 is 0 Å². The lowest BCUT2D eigenvalue weighted by Crippen LogP contribution is -2.44. The standard InChI is InChI=1S/C14H32N2O2Si2/c1-7-8-11-19(3,4)18-20(5,6)12-9-10-16-14(17)13(2)15/h2,7-12,15H2,1,3-6H3,(H,16,17). The summed E-state index contributed by atoms with van der Waals surface area (Å²) in [5, 5.41) is 2.77. The normalized spacial score (nSPS) is 12.2. The fourth-order valence-electron chi connectivity index (χ4n) is 2.28. The predicted molar refractivity (Wildman–Crippen MR) is 91.5 cm³/mol. The predicted octanol–water partition coefficient (Wildman–Crippen LogP) is 3.19. The molecule has 0 spiro atoms. The number of carbonyl (C=O) groups excluding carboxylic acids is 1. The van der Waals surface area contributed by atoms with Crippen molar-refractivity contribution in [2.45, 2.75) is 64.5 Å². The monoisotopic (exact) mass is 316 g/mol. The van der Waals surface area contributed by atoms with Crippen molar-refractivity contribution < 1.29 is 8.91 Å². The number of unbranched alkanes of at least 4 members (excludes halogenated alkanes) is 1. The Morgan fingerprint density at radius 3 is 2.10 bits per heavy atom. The first-order chi connectivity index (χ1) is 9.09. The van der Waals surface area contributed by atoms with Crippen LogP contribution in [0.1, 0.15) is 26.2 Å². The molecule has 0 aliphatic rings. The highest BCUT2D eigenvalue weighted by Gasteiger charge is 2.31. The zero-order valence-electron chi connectivity index (χ0n) is 13.8. The number of hydrogen-bond donors (Lipinski definition) is 2. The van der Waals surface area contributed by atoms with Gasteiger partial charge in [-0.1, -0.05) is 26.3 Å². The molecule has 0 aromatic carbocycles. The Morgan fingerprint density at radius 2 is 1.65 bits per heavy atom. The first kappa shape index (κ1) is 19.4. The van der Waals surface area contributed by atoms with Crippen molar-refractivity contribution >= 4 is 22.5 Å². The number of rotatable bonds is 10. The summed E-state index contributed by atoms with van der Waals surface area (Å²) < 4.78 is 6.50. The molecule has 0 atom stereocenters. The molecule has 6 heteroatoms. The van der Waals surface area contributed by atoms with Crippen LogP contribution in [-0.2, 0) is 8.91 Å². The summed E-state index contributed by atoms with van der Waals surface area (Å²) in [5.74, 6) is -0.261. The highest BCUT2D eigenvalue weighted by atomic mass is 28.4. The van der Waals surface area contributed by atoms with E-state index in [2.05, 4.69) is 45.0 Å². The quantitative estimate of drug-likeness (QED) is 0.369. The van der Waals surface area contributed by atoms with Gasteiger partial charge in [0.15, 0.2) is 16.6 Å². The molecule has 4 nitrogen and oxygen atoms in total. The van der Waals surface area contributed by atoms with E-state index in [4.69, 9.17) is 9.85 Å². The topological polar surface area (TPSA) is 64.4 Å². The first-order valence-electron chi connectivity index (χ1n) is 7.52. The summed E-state index contributed by atoms with van der Waals surface area (Å²) in [4.78, 5) is 11.3. The van der Waals surface area contributed by atoms with E-state index in [9.17, 15) is 4.79 Å². The summed E-state index contributed by atoms with van der Waals surface area (Å²) in [6, 6.07) is 2.30. The second-order valence-corrected chi connectivity index (χ2v) is 15.5. The highest BCUT2D eigenvalue weighted by molar-refractivity contribution is 6.84. The van der Waals surface area contributed by atoms with Crippen LogP contribution in [0.25, 0.3) is 0 Å². The third kappa shape index (κ3) is 9.33. The molecule has 20 heavy (non-hydrogen) atoms. The summed E-state index contributed by atoms with van der Waals surface area (Å²) in [5.41, 5.74) is 5.39. The van der Waals surface area contributed by atoms with Gasteiger partial charge in [-0.3, -0.25) is 4.79 Å². The first-order valence-corrected chi connectivity index (χ1v) is 13.8. The van der Waals surface area contributed by atoms with Gasteiger partial charge >= 0.3 is 0 Å². The van der Waals surface area contributed by atoms with E-state index in [0.29, 0.717) is 6.54 Å². The minimum atomic E-state index is -1.63. The molecular weight excluding hydrogens is 284 g/mol. The van der Waals surface area contributed by atoms with Crippen LogP contribution in [0.2, 0.25) is 38.3 Å². The maximum absolute atomic E-state index is 11.3. The van der Waals surface area contributed by atoms with Gasteiger partial charge in [-0.05, 0) is 44.7 Å². The van der Waals surface area contributed by atoms with E-state index in [0.717, 1.165) is 12.5 Å². The number of hydrogen-bond acceptors (Lipinski definition) is 3. The second kappa shape index (κ2) is 8.64. The largest absolute Gasteiger partial charge is 0.455 e. The molecule has 118 valence electrons. The summed E-state index contributed by atoms with van der Waals surface area (Å²) in [7, 11) is -3.15. The Balaban J connectivity index is 4.06. The third-order valence-corrected chi connectivity index (χ3v) is 10.8. The van der Waals surface area contributed by atoms with Crippen molar-refractivity contribution in [1.29, 1.82) is 0 Å². The Bertz CT molecular complexity index is 331. The summed E-state index contributed by atoms with van der Waals surface area (Å²) in [6.45, 7) is 15.5.